The molecule has 96 valence electrons. The second-order valence-electron chi connectivity index (χ2n) is 4.12. The van der Waals surface area contributed by atoms with Gasteiger partial charge in [0.15, 0.2) is 0 Å². The summed E-state index contributed by atoms with van der Waals surface area (Å²) >= 11 is 0. The summed E-state index contributed by atoms with van der Waals surface area (Å²) in [6.07, 6.45) is 0. The highest BCUT2D eigenvalue weighted by Gasteiger charge is 2.21. The Hall–Kier alpha value is -2.62. The van der Waals surface area contributed by atoms with E-state index in [1.807, 2.05) is 6.07 Å². The van der Waals surface area contributed by atoms with Gasteiger partial charge >= 0.3 is 0 Å². The third-order valence-electron chi connectivity index (χ3n) is 2.67. The van der Waals surface area contributed by atoms with Crippen LogP contribution in [0.15, 0.2) is 54.6 Å². The van der Waals surface area contributed by atoms with Crippen LogP contribution >= 0.6 is 0 Å². The Bertz CT molecular complexity index is 609. The van der Waals surface area contributed by atoms with Crippen molar-refractivity contribution in [3.8, 4) is 0 Å². The molecule has 19 heavy (non-hydrogen) atoms. The van der Waals surface area contributed by atoms with E-state index in [1.165, 1.54) is 6.92 Å². The average molecular weight is 254 g/mol. The van der Waals surface area contributed by atoms with E-state index < -0.39 is 0 Å². The smallest absolute Gasteiger partial charge is 0.265 e. The maximum atomic E-state index is 12.4. The quantitative estimate of drug-likeness (QED) is 0.837. The number of amides is 2. The molecule has 2 aromatic carbocycles. The van der Waals surface area contributed by atoms with Gasteiger partial charge in [-0.05, 0) is 30.3 Å². The molecule has 0 radical (unpaired) electrons. The Labute approximate surface area is 111 Å². The second kappa shape index (κ2) is 5.35. The van der Waals surface area contributed by atoms with E-state index in [9.17, 15) is 9.59 Å². The number of nitrogen functional groups attached to an aromatic ring is 1. The summed E-state index contributed by atoms with van der Waals surface area (Å²) in [7, 11) is 0. The number of benzene rings is 2. The van der Waals surface area contributed by atoms with Crippen LogP contribution < -0.4 is 10.6 Å². The van der Waals surface area contributed by atoms with E-state index in [-0.39, 0.29) is 11.8 Å². The lowest BCUT2D eigenvalue weighted by molar-refractivity contribution is -0.115. The van der Waals surface area contributed by atoms with Crippen molar-refractivity contribution in [2.24, 2.45) is 0 Å². The molecule has 0 unspecified atom stereocenters. The number of nitrogens with zero attached hydrogens (tertiary/aromatic N) is 1. The number of hydrogen-bond donors (Lipinski definition) is 1. The monoisotopic (exact) mass is 254 g/mol. The Morgan fingerprint density at radius 3 is 2.26 bits per heavy atom. The first-order valence-electron chi connectivity index (χ1n) is 5.85. The van der Waals surface area contributed by atoms with Crippen LogP contribution in [0.4, 0.5) is 11.4 Å². The molecule has 0 saturated carbocycles. The number of anilines is 2. The van der Waals surface area contributed by atoms with E-state index >= 15 is 0 Å². The maximum Gasteiger partial charge on any atom is 0.265 e. The fraction of sp³-hybridized carbons (Fsp3) is 0.0667. The molecule has 0 fully saturated rings. The summed E-state index contributed by atoms with van der Waals surface area (Å²) in [6, 6.07) is 15.4. The predicted molar refractivity (Wildman–Crippen MR) is 74.8 cm³/mol. The zero-order valence-corrected chi connectivity index (χ0v) is 10.5. The fourth-order valence-corrected chi connectivity index (χ4v) is 1.82. The molecule has 0 aliphatic rings. The first-order valence-corrected chi connectivity index (χ1v) is 5.85. The van der Waals surface area contributed by atoms with Gasteiger partial charge in [0.25, 0.3) is 5.91 Å². The summed E-state index contributed by atoms with van der Waals surface area (Å²) < 4.78 is 0. The maximum absolute atomic E-state index is 12.4. The Balaban J connectivity index is 2.42. The minimum atomic E-state index is -0.362. The topological polar surface area (TPSA) is 63.4 Å². The third-order valence-corrected chi connectivity index (χ3v) is 2.67. The first-order chi connectivity index (χ1) is 9.09. The van der Waals surface area contributed by atoms with Crippen LogP contribution in [0.1, 0.15) is 17.3 Å². The lowest BCUT2D eigenvalue weighted by Crippen LogP contribution is -2.35. The van der Waals surface area contributed by atoms with Crippen molar-refractivity contribution in [3.63, 3.8) is 0 Å². The molecule has 0 aliphatic heterocycles. The zero-order chi connectivity index (χ0) is 13.8. The van der Waals surface area contributed by atoms with Crippen LogP contribution in [-0.4, -0.2) is 11.8 Å². The summed E-state index contributed by atoms with van der Waals surface area (Å²) in [6.45, 7) is 1.35. The van der Waals surface area contributed by atoms with Crippen LogP contribution in [0.2, 0.25) is 0 Å². The highest BCUT2D eigenvalue weighted by molar-refractivity contribution is 6.20. The second-order valence-corrected chi connectivity index (χ2v) is 4.12. The molecule has 0 bridgehead atoms. The van der Waals surface area contributed by atoms with E-state index in [0.717, 1.165) is 4.90 Å². The van der Waals surface area contributed by atoms with Crippen molar-refractivity contribution in [2.75, 3.05) is 10.6 Å². The third kappa shape index (κ3) is 2.80. The molecule has 2 aromatic rings. The van der Waals surface area contributed by atoms with Crippen molar-refractivity contribution in [2.45, 2.75) is 6.92 Å². The van der Waals surface area contributed by atoms with Gasteiger partial charge < -0.3 is 5.73 Å². The Morgan fingerprint density at radius 1 is 1.00 bits per heavy atom. The molecule has 0 heterocycles. The highest BCUT2D eigenvalue weighted by Crippen LogP contribution is 2.20. The molecule has 0 aromatic heterocycles. The van der Waals surface area contributed by atoms with E-state index in [0.29, 0.717) is 16.9 Å². The summed E-state index contributed by atoms with van der Waals surface area (Å²) in [5.74, 6) is -0.710. The molecule has 0 spiro atoms. The van der Waals surface area contributed by atoms with Gasteiger partial charge in [0, 0.05) is 18.2 Å². The number of carbonyl (C=O) groups is 2. The van der Waals surface area contributed by atoms with Gasteiger partial charge in [-0.15, -0.1) is 0 Å². The number of imide groups is 1. The lowest BCUT2D eigenvalue weighted by Gasteiger charge is -2.19. The summed E-state index contributed by atoms with van der Waals surface area (Å²) in [5, 5.41) is 0. The van der Waals surface area contributed by atoms with Crippen LogP contribution in [0.25, 0.3) is 0 Å². The molecule has 0 atom stereocenters. The Morgan fingerprint density at radius 2 is 1.68 bits per heavy atom. The van der Waals surface area contributed by atoms with Gasteiger partial charge in [-0.2, -0.15) is 0 Å². The summed E-state index contributed by atoms with van der Waals surface area (Å²) in [4.78, 5) is 25.2. The van der Waals surface area contributed by atoms with Gasteiger partial charge in [-0.3, -0.25) is 9.59 Å². The van der Waals surface area contributed by atoms with Crippen molar-refractivity contribution >= 4 is 23.2 Å². The predicted octanol–water partition coefficient (Wildman–Crippen LogP) is 2.46. The molecule has 2 amide bonds. The van der Waals surface area contributed by atoms with Crippen molar-refractivity contribution in [1.82, 2.24) is 0 Å². The number of rotatable bonds is 2. The number of hydrogen-bond acceptors (Lipinski definition) is 3. The van der Waals surface area contributed by atoms with Gasteiger partial charge in [-0.1, -0.05) is 24.3 Å². The largest absolute Gasteiger partial charge is 0.399 e. The van der Waals surface area contributed by atoms with E-state index in [1.54, 1.807) is 48.5 Å². The van der Waals surface area contributed by atoms with Gasteiger partial charge in [-0.25, -0.2) is 4.90 Å². The SMILES string of the molecule is CC(=O)N(C(=O)c1ccccc1)c1cccc(N)c1. The van der Waals surface area contributed by atoms with Gasteiger partial charge in [0.1, 0.15) is 0 Å². The molecular formula is C15H14N2O2. The molecule has 2 N–H and O–H groups in total. The molecule has 4 heteroatoms. The first kappa shape index (κ1) is 12.8. The minimum absolute atomic E-state index is 0.348. The zero-order valence-electron chi connectivity index (χ0n) is 10.5. The number of carbonyl (C=O) groups excluding carboxylic acids is 2. The molecule has 0 aliphatic carbocycles. The normalized spacial score (nSPS) is 9.95. The van der Waals surface area contributed by atoms with Crippen molar-refractivity contribution in [1.29, 1.82) is 0 Å². The Kier molecular flexibility index (Phi) is 3.61. The van der Waals surface area contributed by atoms with E-state index in [2.05, 4.69) is 0 Å². The lowest BCUT2D eigenvalue weighted by atomic mass is 10.1. The van der Waals surface area contributed by atoms with Crippen molar-refractivity contribution in [3.05, 3.63) is 60.2 Å². The standard InChI is InChI=1S/C15H14N2O2/c1-11(18)17(14-9-5-8-13(16)10-14)15(19)12-6-3-2-4-7-12/h2-10H,16H2,1H3. The molecular weight excluding hydrogens is 240 g/mol. The molecule has 0 saturated heterocycles. The van der Waals surface area contributed by atoms with Crippen LogP contribution in [0, 0.1) is 0 Å². The fourth-order valence-electron chi connectivity index (χ4n) is 1.82. The number of nitrogens with two attached hydrogens (primary N) is 1. The molecule has 2 rings (SSSR count). The van der Waals surface area contributed by atoms with Gasteiger partial charge in [0.2, 0.25) is 5.91 Å². The highest BCUT2D eigenvalue weighted by atomic mass is 16.2. The summed E-state index contributed by atoms with van der Waals surface area (Å²) in [5.41, 5.74) is 7.12. The average Bonchev–Trinajstić information content (AvgIpc) is 2.39. The molecule has 4 nitrogen and oxygen atoms in total. The van der Waals surface area contributed by atoms with E-state index in [4.69, 9.17) is 5.73 Å². The van der Waals surface area contributed by atoms with Crippen LogP contribution in [-0.2, 0) is 4.79 Å². The van der Waals surface area contributed by atoms with Gasteiger partial charge in [0.05, 0.1) is 5.69 Å². The van der Waals surface area contributed by atoms with Crippen LogP contribution in [0.3, 0.4) is 0 Å². The van der Waals surface area contributed by atoms with Crippen molar-refractivity contribution < 1.29 is 9.59 Å². The minimum Gasteiger partial charge on any atom is -0.399 e. The van der Waals surface area contributed by atoms with Crippen LogP contribution in [0.5, 0.6) is 0 Å².